The molecule has 0 bridgehead atoms. The standard InChI is InChI=1S/C31H32O5/c1-19-4-10-27(34)22(12-19)14-23-15-26(33)16-29(36)30(23)31(3,17-21-6-8-25(32)9-7-21)18-24-13-20(2)5-11-28(24)35/h4-13,15-16,32-36H,14,17-18H2,1-3H3. The molecule has 0 aliphatic carbocycles. The normalized spacial score (nSPS) is 12.9. The molecule has 36 heavy (non-hydrogen) atoms. The number of benzene rings is 4. The highest BCUT2D eigenvalue weighted by molar-refractivity contribution is 5.54. The third-order valence-electron chi connectivity index (χ3n) is 6.75. The molecule has 0 aliphatic rings. The van der Waals surface area contributed by atoms with Gasteiger partial charge in [0.2, 0.25) is 0 Å². The fraction of sp³-hybridized carbons (Fsp3) is 0.226. The van der Waals surface area contributed by atoms with Crippen molar-refractivity contribution in [1.29, 1.82) is 0 Å². The summed E-state index contributed by atoms with van der Waals surface area (Å²) >= 11 is 0. The molecule has 186 valence electrons. The van der Waals surface area contributed by atoms with E-state index in [2.05, 4.69) is 0 Å². The van der Waals surface area contributed by atoms with Gasteiger partial charge in [-0.05, 0) is 79.3 Å². The molecule has 1 unspecified atom stereocenters. The van der Waals surface area contributed by atoms with Gasteiger partial charge in [-0.1, -0.05) is 54.4 Å². The zero-order valence-corrected chi connectivity index (χ0v) is 20.8. The fourth-order valence-electron chi connectivity index (χ4n) is 5.15. The Morgan fingerprint density at radius 3 is 1.78 bits per heavy atom. The van der Waals surface area contributed by atoms with Crippen LogP contribution in [0.2, 0.25) is 0 Å². The van der Waals surface area contributed by atoms with Crippen LogP contribution in [0, 0.1) is 13.8 Å². The highest BCUT2D eigenvalue weighted by Gasteiger charge is 2.34. The second kappa shape index (κ2) is 9.86. The Bertz CT molecular complexity index is 1390. The molecule has 1 atom stereocenters. The van der Waals surface area contributed by atoms with Crippen LogP contribution in [0.4, 0.5) is 0 Å². The van der Waals surface area contributed by atoms with Crippen LogP contribution in [0.5, 0.6) is 28.7 Å². The molecule has 5 nitrogen and oxygen atoms in total. The monoisotopic (exact) mass is 484 g/mol. The molecule has 5 N–H and O–H groups in total. The molecule has 4 aromatic carbocycles. The van der Waals surface area contributed by atoms with Gasteiger partial charge in [0.05, 0.1) is 0 Å². The van der Waals surface area contributed by atoms with E-state index in [1.807, 2.05) is 57.2 Å². The van der Waals surface area contributed by atoms with Crippen molar-refractivity contribution >= 4 is 0 Å². The number of rotatable bonds is 7. The molecule has 0 radical (unpaired) electrons. The van der Waals surface area contributed by atoms with Gasteiger partial charge in [-0.25, -0.2) is 0 Å². The second-order valence-corrected chi connectivity index (χ2v) is 10.0. The van der Waals surface area contributed by atoms with Crippen molar-refractivity contribution in [3.8, 4) is 28.7 Å². The Hall–Kier alpha value is -4.12. The maximum atomic E-state index is 11.2. The minimum absolute atomic E-state index is 0.0504. The predicted molar refractivity (Wildman–Crippen MR) is 141 cm³/mol. The molecule has 0 aromatic heterocycles. The van der Waals surface area contributed by atoms with E-state index in [1.165, 1.54) is 6.07 Å². The Labute approximate surface area is 211 Å². The van der Waals surface area contributed by atoms with Gasteiger partial charge in [-0.15, -0.1) is 0 Å². The van der Waals surface area contributed by atoms with Crippen LogP contribution < -0.4 is 0 Å². The van der Waals surface area contributed by atoms with Crippen molar-refractivity contribution < 1.29 is 25.5 Å². The molecule has 0 heterocycles. The van der Waals surface area contributed by atoms with Gasteiger partial charge in [0, 0.05) is 23.5 Å². The van der Waals surface area contributed by atoms with E-state index >= 15 is 0 Å². The van der Waals surface area contributed by atoms with Gasteiger partial charge < -0.3 is 25.5 Å². The summed E-state index contributed by atoms with van der Waals surface area (Å²) in [5, 5.41) is 52.5. The summed E-state index contributed by atoms with van der Waals surface area (Å²) in [6.45, 7) is 5.93. The van der Waals surface area contributed by atoms with E-state index < -0.39 is 5.41 Å². The Balaban J connectivity index is 1.89. The largest absolute Gasteiger partial charge is 0.508 e. The Morgan fingerprint density at radius 2 is 1.14 bits per heavy atom. The molecule has 0 aliphatic heterocycles. The van der Waals surface area contributed by atoms with Gasteiger partial charge in [-0.3, -0.25) is 0 Å². The van der Waals surface area contributed by atoms with Crippen molar-refractivity contribution in [2.75, 3.05) is 0 Å². The number of phenolic OH excluding ortho intramolecular Hbond substituents is 5. The first-order valence-electron chi connectivity index (χ1n) is 11.9. The smallest absolute Gasteiger partial charge is 0.123 e. The van der Waals surface area contributed by atoms with E-state index in [9.17, 15) is 25.5 Å². The number of hydrogen-bond donors (Lipinski definition) is 5. The molecule has 0 saturated carbocycles. The number of aryl methyl sites for hydroxylation is 2. The van der Waals surface area contributed by atoms with Gasteiger partial charge in [0.1, 0.15) is 28.7 Å². The lowest BCUT2D eigenvalue weighted by Gasteiger charge is -2.34. The van der Waals surface area contributed by atoms with Crippen LogP contribution in [0.3, 0.4) is 0 Å². The van der Waals surface area contributed by atoms with Crippen LogP contribution in [0.15, 0.2) is 72.8 Å². The highest BCUT2D eigenvalue weighted by atomic mass is 16.3. The molecular formula is C31H32O5. The molecule has 0 saturated heterocycles. The summed E-state index contributed by atoms with van der Waals surface area (Å²) in [4.78, 5) is 0. The first-order valence-corrected chi connectivity index (χ1v) is 11.9. The van der Waals surface area contributed by atoms with Crippen molar-refractivity contribution in [3.05, 3.63) is 112 Å². The van der Waals surface area contributed by atoms with Crippen molar-refractivity contribution in [2.45, 2.75) is 45.4 Å². The van der Waals surface area contributed by atoms with Crippen molar-refractivity contribution in [3.63, 3.8) is 0 Å². The number of hydrogen-bond acceptors (Lipinski definition) is 5. The van der Waals surface area contributed by atoms with Gasteiger partial charge >= 0.3 is 0 Å². The van der Waals surface area contributed by atoms with Crippen molar-refractivity contribution in [2.24, 2.45) is 0 Å². The molecule has 0 spiro atoms. The quantitative estimate of drug-likeness (QED) is 0.216. The third-order valence-corrected chi connectivity index (χ3v) is 6.75. The lowest BCUT2D eigenvalue weighted by molar-refractivity contribution is 0.394. The summed E-state index contributed by atoms with van der Waals surface area (Å²) in [6.07, 6.45) is 1.20. The average molecular weight is 485 g/mol. The summed E-state index contributed by atoms with van der Waals surface area (Å²) in [5.41, 5.74) is 4.98. The van der Waals surface area contributed by atoms with E-state index in [1.54, 1.807) is 30.3 Å². The summed E-state index contributed by atoms with van der Waals surface area (Å²) < 4.78 is 0. The zero-order chi connectivity index (χ0) is 26.0. The van der Waals surface area contributed by atoms with Gasteiger partial charge in [-0.2, -0.15) is 0 Å². The zero-order valence-electron chi connectivity index (χ0n) is 20.8. The molecule has 0 amide bonds. The molecular weight excluding hydrogens is 452 g/mol. The average Bonchev–Trinajstić information content (AvgIpc) is 2.80. The lowest BCUT2D eigenvalue weighted by Crippen LogP contribution is -2.30. The van der Waals surface area contributed by atoms with E-state index in [4.69, 9.17) is 0 Å². The maximum absolute atomic E-state index is 11.2. The minimum atomic E-state index is -0.713. The number of aromatic hydroxyl groups is 5. The lowest BCUT2D eigenvalue weighted by atomic mass is 9.70. The second-order valence-electron chi connectivity index (χ2n) is 10.0. The Morgan fingerprint density at radius 1 is 0.556 bits per heavy atom. The first-order chi connectivity index (χ1) is 17.0. The highest BCUT2D eigenvalue weighted by Crippen LogP contribution is 2.44. The first kappa shape index (κ1) is 25.0. The minimum Gasteiger partial charge on any atom is -0.508 e. The number of phenols is 5. The Kier molecular flexibility index (Phi) is 6.84. The van der Waals surface area contributed by atoms with Crippen LogP contribution in [-0.4, -0.2) is 25.5 Å². The summed E-state index contributed by atoms with van der Waals surface area (Å²) in [6, 6.07) is 20.7. The van der Waals surface area contributed by atoms with E-state index in [-0.39, 0.29) is 28.7 Å². The van der Waals surface area contributed by atoms with Crippen molar-refractivity contribution in [1.82, 2.24) is 0 Å². The molecule has 4 aromatic rings. The van der Waals surface area contributed by atoms with Crippen LogP contribution in [-0.2, 0) is 24.7 Å². The fourth-order valence-corrected chi connectivity index (χ4v) is 5.15. The summed E-state index contributed by atoms with van der Waals surface area (Å²) in [7, 11) is 0. The molecule has 4 rings (SSSR count). The summed E-state index contributed by atoms with van der Waals surface area (Å²) in [5.74, 6) is 0.369. The molecule has 5 heteroatoms. The topological polar surface area (TPSA) is 101 Å². The van der Waals surface area contributed by atoms with Crippen LogP contribution in [0.25, 0.3) is 0 Å². The van der Waals surface area contributed by atoms with Crippen LogP contribution >= 0.6 is 0 Å². The van der Waals surface area contributed by atoms with Gasteiger partial charge in [0.25, 0.3) is 0 Å². The van der Waals surface area contributed by atoms with E-state index in [0.29, 0.717) is 36.0 Å². The third kappa shape index (κ3) is 5.41. The van der Waals surface area contributed by atoms with E-state index in [0.717, 1.165) is 22.3 Å². The molecule has 0 fully saturated rings. The maximum Gasteiger partial charge on any atom is 0.123 e. The predicted octanol–water partition coefficient (Wildman–Crippen LogP) is 6.17. The SMILES string of the molecule is Cc1ccc(O)c(Cc2cc(O)cc(O)c2C(C)(Cc2ccc(O)cc2)Cc2cc(C)ccc2O)c1. The van der Waals surface area contributed by atoms with Gasteiger partial charge in [0.15, 0.2) is 0 Å². The van der Waals surface area contributed by atoms with Crippen LogP contribution in [0.1, 0.15) is 45.9 Å².